The molecular weight excluding hydrogens is 392 g/mol. The molecule has 1 aromatic carbocycles. The molecule has 1 aromatic heterocycles. The van der Waals surface area contributed by atoms with Crippen LogP contribution in [-0.4, -0.2) is 55.9 Å². The quantitative estimate of drug-likeness (QED) is 0.776. The van der Waals surface area contributed by atoms with Crippen LogP contribution in [0, 0.1) is 0 Å². The Bertz CT molecular complexity index is 897. The highest BCUT2D eigenvalue weighted by Gasteiger charge is 2.49. The molecule has 4 rings (SSSR count). The molecule has 138 valence electrons. The Kier molecular flexibility index (Phi) is 4.81. The predicted octanol–water partition coefficient (Wildman–Crippen LogP) is 2.46. The van der Waals surface area contributed by atoms with E-state index in [1.54, 1.807) is 40.5 Å². The number of nitrogens with zero attached hydrogens (tertiary/aromatic N) is 2. The summed E-state index contributed by atoms with van der Waals surface area (Å²) in [6.07, 6.45) is 0.829. The van der Waals surface area contributed by atoms with Gasteiger partial charge in [-0.25, -0.2) is 8.42 Å². The van der Waals surface area contributed by atoms with Gasteiger partial charge in [0.1, 0.15) is 0 Å². The lowest BCUT2D eigenvalue weighted by atomic mass is 10.0. The molecule has 0 unspecified atom stereocenters. The van der Waals surface area contributed by atoms with E-state index in [1.165, 1.54) is 4.88 Å². The first kappa shape index (κ1) is 18.0. The topological polar surface area (TPSA) is 57.7 Å². The molecule has 0 spiro atoms. The van der Waals surface area contributed by atoms with E-state index in [0.717, 1.165) is 6.42 Å². The van der Waals surface area contributed by atoms with Crippen LogP contribution in [0.4, 0.5) is 5.69 Å². The zero-order chi connectivity index (χ0) is 18.3. The molecule has 0 N–H and O–H groups in total. The molecule has 26 heavy (non-hydrogen) atoms. The molecule has 2 aliphatic rings. The van der Waals surface area contributed by atoms with E-state index in [1.807, 2.05) is 16.3 Å². The maximum absolute atomic E-state index is 12.9. The Hall–Kier alpha value is -1.41. The first-order valence-corrected chi connectivity index (χ1v) is 11.6. The van der Waals surface area contributed by atoms with Crippen LogP contribution >= 0.6 is 22.9 Å². The zero-order valence-electron chi connectivity index (χ0n) is 14.0. The normalized spacial score (nSPS) is 25.4. The molecule has 0 saturated carbocycles. The second-order valence-electron chi connectivity index (χ2n) is 6.75. The number of carbonyl (C=O) groups is 1. The van der Waals surface area contributed by atoms with Gasteiger partial charge in [0.15, 0.2) is 9.84 Å². The number of piperazine rings is 1. The monoisotopic (exact) mass is 410 g/mol. The number of anilines is 1. The Morgan fingerprint density at radius 2 is 1.85 bits per heavy atom. The fraction of sp³-hybridized carbons (Fsp3) is 0.389. The van der Waals surface area contributed by atoms with Gasteiger partial charge in [0.2, 0.25) is 5.91 Å². The van der Waals surface area contributed by atoms with Crippen molar-refractivity contribution in [2.45, 2.75) is 18.5 Å². The summed E-state index contributed by atoms with van der Waals surface area (Å²) in [7, 11) is -3.17. The zero-order valence-corrected chi connectivity index (χ0v) is 16.4. The van der Waals surface area contributed by atoms with Crippen molar-refractivity contribution in [2.75, 3.05) is 29.5 Å². The molecule has 0 radical (unpaired) electrons. The fourth-order valence-corrected chi connectivity index (χ4v) is 6.65. The third-order valence-corrected chi connectivity index (χ3v) is 7.92. The maximum atomic E-state index is 12.9. The number of carbonyl (C=O) groups excluding carboxylic acids is 1. The van der Waals surface area contributed by atoms with Crippen molar-refractivity contribution in [2.24, 2.45) is 0 Å². The molecule has 1 amide bonds. The molecular formula is C18H19ClN2O3S2. The van der Waals surface area contributed by atoms with Gasteiger partial charge < -0.3 is 4.90 Å². The van der Waals surface area contributed by atoms with Crippen LogP contribution in [-0.2, 0) is 21.1 Å². The van der Waals surface area contributed by atoms with Gasteiger partial charge in [-0.1, -0.05) is 17.7 Å². The Balaban J connectivity index is 1.60. The molecule has 2 aromatic rings. The van der Waals surface area contributed by atoms with E-state index in [4.69, 9.17) is 11.6 Å². The number of halogens is 1. The molecule has 2 atom stereocenters. The van der Waals surface area contributed by atoms with Gasteiger partial charge in [-0.2, -0.15) is 0 Å². The van der Waals surface area contributed by atoms with Crippen LogP contribution in [0.2, 0.25) is 5.02 Å². The smallest absolute Gasteiger partial charge is 0.241 e. The number of amides is 1. The van der Waals surface area contributed by atoms with Crippen molar-refractivity contribution < 1.29 is 13.2 Å². The minimum atomic E-state index is -3.17. The third kappa shape index (κ3) is 3.53. The molecule has 3 heterocycles. The molecule has 8 heteroatoms. The van der Waals surface area contributed by atoms with E-state index in [9.17, 15) is 13.2 Å². The van der Waals surface area contributed by atoms with Crippen LogP contribution in [0.15, 0.2) is 41.8 Å². The Morgan fingerprint density at radius 1 is 1.12 bits per heavy atom. The third-order valence-electron chi connectivity index (χ3n) is 5.03. The van der Waals surface area contributed by atoms with Gasteiger partial charge >= 0.3 is 0 Å². The standard InChI is InChI=1S/C18H19ClN2O3S2/c19-13-3-5-14(6-4-13)21-17-12-26(23,24)11-16(17)20(10-18(21)22)8-7-15-2-1-9-25-15/h1-6,9,16-17H,7-8,10-12H2/t16-,17-/m0/s1. The highest BCUT2D eigenvalue weighted by molar-refractivity contribution is 7.91. The number of benzene rings is 1. The average molecular weight is 411 g/mol. The lowest BCUT2D eigenvalue weighted by Crippen LogP contribution is -2.62. The van der Waals surface area contributed by atoms with E-state index < -0.39 is 9.84 Å². The summed E-state index contributed by atoms with van der Waals surface area (Å²) in [5, 5.41) is 2.62. The van der Waals surface area contributed by atoms with E-state index in [0.29, 0.717) is 17.3 Å². The summed E-state index contributed by atoms with van der Waals surface area (Å²) in [4.78, 5) is 17.8. The van der Waals surface area contributed by atoms with E-state index in [-0.39, 0.29) is 36.0 Å². The van der Waals surface area contributed by atoms with Crippen molar-refractivity contribution in [1.82, 2.24) is 4.90 Å². The SMILES string of the molecule is O=C1CN(CCc2cccs2)[C@H]2CS(=O)(=O)C[C@@H]2N1c1ccc(Cl)cc1. The Morgan fingerprint density at radius 3 is 2.54 bits per heavy atom. The maximum Gasteiger partial charge on any atom is 0.241 e. The second-order valence-corrected chi connectivity index (χ2v) is 10.4. The summed E-state index contributed by atoms with van der Waals surface area (Å²) in [6, 6.07) is 10.6. The van der Waals surface area contributed by atoms with Crippen molar-refractivity contribution in [3.05, 3.63) is 51.7 Å². The molecule has 2 fully saturated rings. The number of fused-ring (bicyclic) bond motifs is 1. The fourth-order valence-electron chi connectivity index (χ4n) is 3.85. The van der Waals surface area contributed by atoms with Crippen molar-refractivity contribution in [3.8, 4) is 0 Å². The minimum absolute atomic E-state index is 0.0154. The van der Waals surface area contributed by atoms with Gasteiger partial charge in [-0.3, -0.25) is 9.69 Å². The summed E-state index contributed by atoms with van der Waals surface area (Å²) < 4.78 is 24.7. The van der Waals surface area contributed by atoms with Crippen LogP contribution in [0.3, 0.4) is 0 Å². The van der Waals surface area contributed by atoms with Crippen LogP contribution in [0.5, 0.6) is 0 Å². The van der Waals surface area contributed by atoms with Crippen molar-refractivity contribution in [1.29, 1.82) is 0 Å². The summed E-state index contributed by atoms with van der Waals surface area (Å²) in [5.41, 5.74) is 0.712. The number of sulfone groups is 1. The summed E-state index contributed by atoms with van der Waals surface area (Å²) >= 11 is 7.63. The first-order chi connectivity index (χ1) is 12.4. The second kappa shape index (κ2) is 6.96. The van der Waals surface area contributed by atoms with E-state index >= 15 is 0 Å². The van der Waals surface area contributed by atoms with Crippen molar-refractivity contribution >= 4 is 44.4 Å². The van der Waals surface area contributed by atoms with Gasteiger partial charge in [0, 0.05) is 28.2 Å². The summed E-state index contributed by atoms with van der Waals surface area (Å²) in [6.45, 7) is 0.933. The lowest BCUT2D eigenvalue weighted by Gasteiger charge is -2.43. The molecule has 0 bridgehead atoms. The largest absolute Gasteiger partial charge is 0.306 e. The van der Waals surface area contributed by atoms with Gasteiger partial charge in [0.05, 0.1) is 24.1 Å². The highest BCUT2D eigenvalue weighted by Crippen LogP contribution is 2.32. The lowest BCUT2D eigenvalue weighted by molar-refractivity contribution is -0.123. The van der Waals surface area contributed by atoms with Crippen LogP contribution in [0.25, 0.3) is 0 Å². The van der Waals surface area contributed by atoms with Crippen molar-refractivity contribution in [3.63, 3.8) is 0 Å². The minimum Gasteiger partial charge on any atom is -0.306 e. The highest BCUT2D eigenvalue weighted by atomic mass is 35.5. The van der Waals surface area contributed by atoms with Gasteiger partial charge in [0.25, 0.3) is 0 Å². The Labute approximate surface area is 162 Å². The average Bonchev–Trinajstić information content (AvgIpc) is 3.20. The summed E-state index contributed by atoms with van der Waals surface area (Å²) in [5.74, 6) is 0.0675. The molecule has 5 nitrogen and oxygen atoms in total. The van der Waals surface area contributed by atoms with E-state index in [2.05, 4.69) is 6.07 Å². The number of hydrogen-bond acceptors (Lipinski definition) is 5. The van der Waals surface area contributed by atoms with Gasteiger partial charge in [-0.05, 0) is 42.1 Å². The molecule has 2 saturated heterocycles. The number of hydrogen-bond donors (Lipinski definition) is 0. The van der Waals surface area contributed by atoms with Gasteiger partial charge in [-0.15, -0.1) is 11.3 Å². The molecule has 0 aliphatic carbocycles. The number of thiophene rings is 1. The van der Waals surface area contributed by atoms with Crippen LogP contribution < -0.4 is 4.90 Å². The van der Waals surface area contributed by atoms with Crippen LogP contribution in [0.1, 0.15) is 4.88 Å². The molecule has 2 aliphatic heterocycles. The first-order valence-electron chi connectivity index (χ1n) is 8.47. The number of rotatable bonds is 4. The predicted molar refractivity (Wildman–Crippen MR) is 105 cm³/mol.